The van der Waals surface area contributed by atoms with E-state index in [0.29, 0.717) is 5.95 Å². The molecule has 286 valence electrons. The van der Waals surface area contributed by atoms with Crippen LogP contribution in [-0.2, 0) is 0 Å². The maximum Gasteiger partial charge on any atom is 0.235 e. The first-order chi connectivity index (χ1) is 30.2. The second kappa shape index (κ2) is 14.5. The van der Waals surface area contributed by atoms with Crippen LogP contribution in [0, 0.1) is 0 Å². The molecule has 5 heteroatoms. The van der Waals surface area contributed by atoms with Crippen molar-refractivity contribution >= 4 is 61.4 Å². The first kappa shape index (κ1) is 35.2. The number of benzene rings is 9. The minimum atomic E-state index is 0.625. The fourth-order valence-corrected chi connectivity index (χ4v) is 10.00. The van der Waals surface area contributed by atoms with Gasteiger partial charge >= 0.3 is 0 Å². The van der Waals surface area contributed by atoms with E-state index in [1.807, 2.05) is 17.8 Å². The number of para-hydroxylation sites is 3. The molecule has 0 saturated heterocycles. The van der Waals surface area contributed by atoms with Gasteiger partial charge in [0.15, 0.2) is 0 Å². The van der Waals surface area contributed by atoms with Gasteiger partial charge in [-0.2, -0.15) is 0 Å². The zero-order chi connectivity index (χ0) is 40.3. The number of aromatic nitrogens is 3. The van der Waals surface area contributed by atoms with Gasteiger partial charge in [0, 0.05) is 42.9 Å². The maximum atomic E-state index is 5.48. The summed E-state index contributed by atoms with van der Waals surface area (Å²) in [6.45, 7) is 0. The molecule has 11 aromatic rings. The molecule has 0 atom stereocenters. The summed E-state index contributed by atoms with van der Waals surface area (Å²) in [5.74, 6) is 0.625. The standard InChI is InChI=1S/C56H36N4S/c1-4-15-37(16-5-1)38-27-29-41(30-28-38)48-36-47(40-18-6-2-7-19-40)57-56(58-48)60-50-33-31-39-17-10-11-22-44(39)54(50)46-24-14-23-45(55(46)60)42-32-34-53-51(35-42)59(43-20-8-3-9-21-43)49-25-12-13-26-52(49)61-53/h1-36H. The molecule has 0 fully saturated rings. The third kappa shape index (κ3) is 6.01. The molecule has 9 aromatic carbocycles. The Hall–Kier alpha value is -7.73. The van der Waals surface area contributed by atoms with Crippen molar-refractivity contribution in [1.82, 2.24) is 14.5 Å². The van der Waals surface area contributed by atoms with E-state index >= 15 is 0 Å². The predicted octanol–water partition coefficient (Wildman–Crippen LogP) is 15.3. The molecular weight excluding hydrogens is 761 g/mol. The van der Waals surface area contributed by atoms with Gasteiger partial charge in [-0.15, -0.1) is 0 Å². The fraction of sp³-hybridized carbons (Fsp3) is 0. The van der Waals surface area contributed by atoms with Crippen molar-refractivity contribution in [2.24, 2.45) is 0 Å². The van der Waals surface area contributed by atoms with E-state index in [0.717, 1.165) is 61.4 Å². The van der Waals surface area contributed by atoms with Crippen molar-refractivity contribution in [2.75, 3.05) is 4.90 Å². The lowest BCUT2D eigenvalue weighted by atomic mass is 9.99. The summed E-state index contributed by atoms with van der Waals surface area (Å²) >= 11 is 1.83. The van der Waals surface area contributed by atoms with Crippen molar-refractivity contribution < 1.29 is 0 Å². The van der Waals surface area contributed by atoms with E-state index in [-0.39, 0.29) is 0 Å². The molecule has 12 rings (SSSR count). The average Bonchev–Trinajstić information content (AvgIpc) is 3.69. The minimum absolute atomic E-state index is 0.625. The van der Waals surface area contributed by atoms with E-state index in [1.165, 1.54) is 42.8 Å². The Morgan fingerprint density at radius 1 is 0.393 bits per heavy atom. The minimum Gasteiger partial charge on any atom is -0.308 e. The van der Waals surface area contributed by atoms with Crippen LogP contribution >= 0.6 is 11.8 Å². The van der Waals surface area contributed by atoms with Gasteiger partial charge in [0.25, 0.3) is 0 Å². The second-order valence-corrected chi connectivity index (χ2v) is 16.5. The van der Waals surface area contributed by atoms with Gasteiger partial charge in [0.1, 0.15) is 0 Å². The van der Waals surface area contributed by atoms with Crippen molar-refractivity contribution in [3.63, 3.8) is 0 Å². The highest BCUT2D eigenvalue weighted by molar-refractivity contribution is 7.99. The molecule has 0 amide bonds. The quantitative estimate of drug-likeness (QED) is 0.168. The number of fused-ring (bicyclic) bond motifs is 7. The summed E-state index contributed by atoms with van der Waals surface area (Å²) in [4.78, 5) is 15.8. The molecule has 0 spiro atoms. The van der Waals surface area contributed by atoms with Gasteiger partial charge < -0.3 is 4.90 Å². The summed E-state index contributed by atoms with van der Waals surface area (Å²) in [5.41, 5.74) is 14.0. The summed E-state index contributed by atoms with van der Waals surface area (Å²) in [6, 6.07) is 77.9. The lowest BCUT2D eigenvalue weighted by Crippen LogP contribution is -2.14. The summed E-state index contributed by atoms with van der Waals surface area (Å²) in [5, 5.41) is 4.74. The molecular formula is C56H36N4S. The van der Waals surface area contributed by atoms with Gasteiger partial charge in [-0.25, -0.2) is 9.97 Å². The highest BCUT2D eigenvalue weighted by Crippen LogP contribution is 2.53. The fourth-order valence-electron chi connectivity index (χ4n) is 8.96. The number of nitrogens with zero attached hydrogens (tertiary/aromatic N) is 4. The van der Waals surface area contributed by atoms with Crippen molar-refractivity contribution in [3.05, 3.63) is 218 Å². The topological polar surface area (TPSA) is 34.0 Å². The van der Waals surface area contributed by atoms with Crippen LogP contribution in [0.25, 0.3) is 83.3 Å². The van der Waals surface area contributed by atoms with Gasteiger partial charge in [-0.05, 0) is 76.0 Å². The van der Waals surface area contributed by atoms with Crippen LogP contribution in [-0.4, -0.2) is 14.5 Å². The van der Waals surface area contributed by atoms with Gasteiger partial charge in [-0.3, -0.25) is 4.57 Å². The lowest BCUT2D eigenvalue weighted by Gasteiger charge is -2.33. The van der Waals surface area contributed by atoms with Crippen LogP contribution in [0.3, 0.4) is 0 Å². The normalized spacial score (nSPS) is 12.2. The van der Waals surface area contributed by atoms with Crippen LogP contribution in [0.2, 0.25) is 0 Å². The third-order valence-electron chi connectivity index (χ3n) is 11.8. The molecule has 2 aromatic heterocycles. The molecule has 0 unspecified atom stereocenters. The number of rotatable bonds is 6. The Balaban J connectivity index is 1.12. The number of hydrogen-bond donors (Lipinski definition) is 0. The zero-order valence-electron chi connectivity index (χ0n) is 33.0. The van der Waals surface area contributed by atoms with Gasteiger partial charge in [0.05, 0.1) is 33.8 Å². The van der Waals surface area contributed by atoms with Gasteiger partial charge in [-0.1, -0.05) is 182 Å². The predicted molar refractivity (Wildman–Crippen MR) is 254 cm³/mol. The lowest BCUT2D eigenvalue weighted by molar-refractivity contribution is 0.996. The van der Waals surface area contributed by atoms with Crippen molar-refractivity contribution in [1.29, 1.82) is 0 Å². The number of anilines is 3. The van der Waals surface area contributed by atoms with Crippen molar-refractivity contribution in [3.8, 4) is 50.7 Å². The third-order valence-corrected chi connectivity index (χ3v) is 12.9. The highest BCUT2D eigenvalue weighted by atomic mass is 32.2. The van der Waals surface area contributed by atoms with E-state index in [2.05, 4.69) is 222 Å². The van der Waals surface area contributed by atoms with E-state index < -0.39 is 0 Å². The average molecular weight is 797 g/mol. The van der Waals surface area contributed by atoms with Crippen LogP contribution < -0.4 is 4.90 Å². The highest BCUT2D eigenvalue weighted by Gasteiger charge is 2.27. The molecule has 3 heterocycles. The van der Waals surface area contributed by atoms with Crippen LogP contribution in [0.15, 0.2) is 228 Å². The number of hydrogen-bond acceptors (Lipinski definition) is 4. The molecule has 0 radical (unpaired) electrons. The SMILES string of the molecule is c1ccc(-c2ccc(-c3cc(-c4ccccc4)nc(-n4c5ccc6ccccc6c5c5cccc(-c6ccc7c(c6)N(c6ccccc6)c6ccccc6S7)c54)n3)cc2)cc1. The molecule has 0 N–H and O–H groups in total. The van der Waals surface area contributed by atoms with E-state index in [1.54, 1.807) is 0 Å². The Labute approximate surface area is 358 Å². The summed E-state index contributed by atoms with van der Waals surface area (Å²) in [7, 11) is 0. The van der Waals surface area contributed by atoms with Crippen molar-refractivity contribution in [2.45, 2.75) is 9.79 Å². The Morgan fingerprint density at radius 2 is 0.984 bits per heavy atom. The Morgan fingerprint density at radius 3 is 1.77 bits per heavy atom. The van der Waals surface area contributed by atoms with Crippen LogP contribution in [0.1, 0.15) is 0 Å². The van der Waals surface area contributed by atoms with E-state index in [4.69, 9.17) is 9.97 Å². The smallest absolute Gasteiger partial charge is 0.235 e. The first-order valence-corrected chi connectivity index (χ1v) is 21.4. The first-order valence-electron chi connectivity index (χ1n) is 20.6. The molecule has 0 saturated carbocycles. The summed E-state index contributed by atoms with van der Waals surface area (Å²) < 4.78 is 2.30. The molecule has 61 heavy (non-hydrogen) atoms. The Bertz CT molecular complexity index is 3430. The monoisotopic (exact) mass is 796 g/mol. The molecule has 0 aliphatic carbocycles. The molecule has 1 aliphatic heterocycles. The molecule has 1 aliphatic rings. The van der Waals surface area contributed by atoms with Crippen LogP contribution in [0.5, 0.6) is 0 Å². The van der Waals surface area contributed by atoms with Crippen LogP contribution in [0.4, 0.5) is 17.1 Å². The largest absolute Gasteiger partial charge is 0.308 e. The zero-order valence-corrected chi connectivity index (χ0v) is 33.8. The molecule has 0 bridgehead atoms. The Kier molecular flexibility index (Phi) is 8.39. The summed E-state index contributed by atoms with van der Waals surface area (Å²) in [6.07, 6.45) is 0. The maximum absolute atomic E-state index is 5.48. The second-order valence-electron chi connectivity index (χ2n) is 15.4. The van der Waals surface area contributed by atoms with Gasteiger partial charge in [0.2, 0.25) is 5.95 Å². The van der Waals surface area contributed by atoms with E-state index in [9.17, 15) is 0 Å². The molecule has 4 nitrogen and oxygen atoms in total.